The molecule has 0 spiro atoms. The molecule has 0 atom stereocenters. The molecule has 0 fully saturated rings. The van der Waals surface area contributed by atoms with Crippen LogP contribution >= 0.6 is 0 Å². The lowest BCUT2D eigenvalue weighted by molar-refractivity contribution is -0.137. The molecule has 2 N–H and O–H groups in total. The minimum Gasteiger partial charge on any atom is -0.397 e. The highest BCUT2D eigenvalue weighted by Gasteiger charge is 2.30. The van der Waals surface area contributed by atoms with Crippen LogP contribution < -0.4 is 5.73 Å². The Kier molecular flexibility index (Phi) is 2.98. The maximum Gasteiger partial charge on any atom is 0.416 e. The summed E-state index contributed by atoms with van der Waals surface area (Å²) in [5.74, 6) is 0. The van der Waals surface area contributed by atoms with E-state index in [0.29, 0.717) is 22.4 Å². The van der Waals surface area contributed by atoms with E-state index in [2.05, 4.69) is 4.98 Å². The van der Waals surface area contributed by atoms with E-state index in [1.165, 1.54) is 12.3 Å². The minimum absolute atomic E-state index is 0.445. The first-order chi connectivity index (χ1) is 8.39. The number of halogens is 3. The number of benzene rings is 1. The summed E-state index contributed by atoms with van der Waals surface area (Å²) in [6.07, 6.45) is -1.29. The van der Waals surface area contributed by atoms with Crippen molar-refractivity contribution in [1.82, 2.24) is 4.98 Å². The summed E-state index contributed by atoms with van der Waals surface area (Å²) in [5, 5.41) is 0. The first-order valence-corrected chi connectivity index (χ1v) is 5.27. The molecule has 2 nitrogen and oxygen atoms in total. The van der Waals surface area contributed by atoms with E-state index in [0.717, 1.165) is 12.1 Å². The van der Waals surface area contributed by atoms with Crippen LogP contribution in [-0.4, -0.2) is 4.98 Å². The Morgan fingerprint density at radius 1 is 1.11 bits per heavy atom. The molecule has 5 heteroatoms. The van der Waals surface area contributed by atoms with Crippen molar-refractivity contribution in [2.24, 2.45) is 0 Å². The molecule has 2 aromatic rings. The molecule has 18 heavy (non-hydrogen) atoms. The third-order valence-electron chi connectivity index (χ3n) is 2.70. The molecule has 0 aliphatic carbocycles. The van der Waals surface area contributed by atoms with Crippen LogP contribution in [0.4, 0.5) is 18.9 Å². The van der Waals surface area contributed by atoms with Crippen molar-refractivity contribution in [2.75, 3.05) is 5.73 Å². The summed E-state index contributed by atoms with van der Waals surface area (Å²) >= 11 is 0. The Morgan fingerprint density at radius 2 is 1.83 bits per heavy atom. The maximum atomic E-state index is 12.5. The summed E-state index contributed by atoms with van der Waals surface area (Å²) in [4.78, 5) is 3.85. The number of hydrogen-bond donors (Lipinski definition) is 1. The number of anilines is 1. The van der Waals surface area contributed by atoms with Gasteiger partial charge in [0.1, 0.15) is 0 Å². The molecule has 0 bridgehead atoms. The molecule has 1 heterocycles. The van der Waals surface area contributed by atoms with E-state index in [1.807, 2.05) is 0 Å². The van der Waals surface area contributed by atoms with E-state index in [9.17, 15) is 13.2 Å². The summed E-state index contributed by atoms with van der Waals surface area (Å²) in [6, 6.07) is 5.30. The predicted octanol–water partition coefficient (Wildman–Crippen LogP) is 3.66. The molecule has 0 aliphatic heterocycles. The standard InChI is InChI=1S/C13H11F3N2/c1-8-6-9(13(14,15)16)2-3-10(8)11-4-5-18-7-12(11)17/h2-7H,17H2,1H3. The predicted molar refractivity (Wildman–Crippen MR) is 63.8 cm³/mol. The number of nitrogens with two attached hydrogens (primary N) is 1. The van der Waals surface area contributed by atoms with Crippen molar-refractivity contribution in [3.05, 3.63) is 47.8 Å². The monoisotopic (exact) mass is 252 g/mol. The second-order valence-electron chi connectivity index (χ2n) is 3.99. The number of aryl methyl sites for hydroxylation is 1. The van der Waals surface area contributed by atoms with Gasteiger partial charge in [-0.2, -0.15) is 13.2 Å². The van der Waals surface area contributed by atoms with E-state index in [-0.39, 0.29) is 0 Å². The number of rotatable bonds is 1. The van der Waals surface area contributed by atoms with Crippen molar-refractivity contribution in [1.29, 1.82) is 0 Å². The van der Waals surface area contributed by atoms with E-state index < -0.39 is 11.7 Å². The second-order valence-corrected chi connectivity index (χ2v) is 3.99. The van der Waals surface area contributed by atoms with E-state index in [4.69, 9.17) is 5.73 Å². The molecule has 0 aliphatic rings. The van der Waals surface area contributed by atoms with Gasteiger partial charge in [0, 0.05) is 11.8 Å². The summed E-state index contributed by atoms with van der Waals surface area (Å²) in [7, 11) is 0. The Labute approximate surface area is 102 Å². The molecule has 2 rings (SSSR count). The van der Waals surface area contributed by atoms with Crippen molar-refractivity contribution in [2.45, 2.75) is 13.1 Å². The van der Waals surface area contributed by atoms with Gasteiger partial charge in [-0.15, -0.1) is 0 Å². The Hall–Kier alpha value is -2.04. The molecule has 1 aromatic carbocycles. The average Bonchev–Trinajstić information content (AvgIpc) is 2.29. The number of nitrogen functional groups attached to an aromatic ring is 1. The fourth-order valence-electron chi connectivity index (χ4n) is 1.79. The van der Waals surface area contributed by atoms with Crippen molar-refractivity contribution in [3.8, 4) is 11.1 Å². The van der Waals surface area contributed by atoms with Gasteiger partial charge in [-0.25, -0.2) is 0 Å². The van der Waals surface area contributed by atoms with Crippen LogP contribution in [0.15, 0.2) is 36.7 Å². The van der Waals surface area contributed by atoms with E-state index >= 15 is 0 Å². The summed E-state index contributed by atoms with van der Waals surface area (Å²) in [6.45, 7) is 1.63. The Morgan fingerprint density at radius 3 is 2.39 bits per heavy atom. The largest absolute Gasteiger partial charge is 0.416 e. The SMILES string of the molecule is Cc1cc(C(F)(F)F)ccc1-c1ccncc1N. The van der Waals surface area contributed by atoms with Crippen LogP contribution in [0.2, 0.25) is 0 Å². The zero-order valence-corrected chi connectivity index (χ0v) is 9.62. The van der Waals surface area contributed by atoms with Gasteiger partial charge < -0.3 is 5.73 Å². The molecular formula is C13H11F3N2. The molecule has 0 radical (unpaired) electrons. The lowest BCUT2D eigenvalue weighted by Gasteiger charge is -2.12. The lowest BCUT2D eigenvalue weighted by Crippen LogP contribution is -2.05. The quantitative estimate of drug-likeness (QED) is 0.841. The van der Waals surface area contributed by atoms with Gasteiger partial charge in [0.2, 0.25) is 0 Å². The number of hydrogen-bond acceptors (Lipinski definition) is 2. The topological polar surface area (TPSA) is 38.9 Å². The number of aromatic nitrogens is 1. The highest BCUT2D eigenvalue weighted by Crippen LogP contribution is 2.34. The smallest absolute Gasteiger partial charge is 0.397 e. The van der Waals surface area contributed by atoms with E-state index in [1.54, 1.807) is 19.2 Å². The van der Waals surface area contributed by atoms with Crippen molar-refractivity contribution >= 4 is 5.69 Å². The normalized spacial score (nSPS) is 11.6. The molecule has 0 amide bonds. The number of alkyl halides is 3. The van der Waals surface area contributed by atoms with Gasteiger partial charge >= 0.3 is 6.18 Å². The van der Waals surface area contributed by atoms with Gasteiger partial charge in [-0.1, -0.05) is 6.07 Å². The summed E-state index contributed by atoms with van der Waals surface area (Å²) < 4.78 is 37.6. The van der Waals surface area contributed by atoms with Crippen molar-refractivity contribution in [3.63, 3.8) is 0 Å². The van der Waals surface area contributed by atoms with Gasteiger partial charge in [0.15, 0.2) is 0 Å². The zero-order valence-electron chi connectivity index (χ0n) is 9.62. The first kappa shape index (κ1) is 12.4. The fourth-order valence-corrected chi connectivity index (χ4v) is 1.79. The van der Waals surface area contributed by atoms with Crippen LogP contribution in [-0.2, 0) is 6.18 Å². The van der Waals surface area contributed by atoms with Crippen LogP contribution in [0, 0.1) is 6.92 Å². The molecule has 0 unspecified atom stereocenters. The van der Waals surface area contributed by atoms with Gasteiger partial charge in [-0.3, -0.25) is 4.98 Å². The number of nitrogens with zero attached hydrogens (tertiary/aromatic N) is 1. The third-order valence-corrected chi connectivity index (χ3v) is 2.70. The zero-order chi connectivity index (χ0) is 13.3. The molecule has 1 aromatic heterocycles. The van der Waals surface area contributed by atoms with Crippen LogP contribution in [0.3, 0.4) is 0 Å². The molecule has 94 valence electrons. The fraction of sp³-hybridized carbons (Fsp3) is 0.154. The van der Waals surface area contributed by atoms with Gasteiger partial charge in [-0.05, 0) is 36.2 Å². The second kappa shape index (κ2) is 4.33. The highest BCUT2D eigenvalue weighted by atomic mass is 19.4. The highest BCUT2D eigenvalue weighted by molar-refractivity contribution is 5.77. The van der Waals surface area contributed by atoms with Crippen LogP contribution in [0.1, 0.15) is 11.1 Å². The first-order valence-electron chi connectivity index (χ1n) is 5.27. The number of pyridine rings is 1. The lowest BCUT2D eigenvalue weighted by atomic mass is 9.98. The van der Waals surface area contributed by atoms with Gasteiger partial charge in [0.25, 0.3) is 0 Å². The molecular weight excluding hydrogens is 241 g/mol. The van der Waals surface area contributed by atoms with Gasteiger partial charge in [0.05, 0.1) is 17.4 Å². The average molecular weight is 252 g/mol. The minimum atomic E-state index is -4.33. The third kappa shape index (κ3) is 2.30. The molecule has 0 saturated heterocycles. The Bertz CT molecular complexity index is 577. The van der Waals surface area contributed by atoms with Crippen LogP contribution in [0.5, 0.6) is 0 Å². The Balaban J connectivity index is 2.52. The van der Waals surface area contributed by atoms with Crippen molar-refractivity contribution < 1.29 is 13.2 Å². The molecule has 0 saturated carbocycles. The van der Waals surface area contributed by atoms with Crippen LogP contribution in [0.25, 0.3) is 11.1 Å². The maximum absolute atomic E-state index is 12.5. The summed E-state index contributed by atoms with van der Waals surface area (Å²) in [5.41, 5.74) is 7.45.